The van der Waals surface area contributed by atoms with Crippen molar-refractivity contribution in [3.63, 3.8) is 0 Å². The fraction of sp³-hybridized carbons (Fsp3) is 0.706. The smallest absolute Gasteiger partial charge is 0.223 e. The number of aliphatic hydroxyl groups excluding tert-OH is 1. The van der Waals surface area contributed by atoms with Crippen molar-refractivity contribution in [3.05, 3.63) is 27.7 Å². The summed E-state index contributed by atoms with van der Waals surface area (Å²) in [6.07, 6.45) is 7.04. The quantitative estimate of drug-likeness (QED) is 0.846. The van der Waals surface area contributed by atoms with Crippen molar-refractivity contribution in [2.75, 3.05) is 7.05 Å². The van der Waals surface area contributed by atoms with Crippen LogP contribution in [-0.4, -0.2) is 32.8 Å². The molecule has 1 aromatic rings. The number of aromatic nitrogens is 1. The molecule has 2 rings (SSSR count). The number of hydrogen-bond acceptors (Lipinski definition) is 4. The first-order chi connectivity index (χ1) is 10.6. The largest absolute Gasteiger partial charge is 0.503 e. The summed E-state index contributed by atoms with van der Waals surface area (Å²) in [5.41, 5.74) is 0.812. The number of rotatable bonds is 6. The molecule has 0 aromatic carbocycles. The molecule has 1 saturated carbocycles. The molecule has 0 unspecified atom stereocenters. The lowest BCUT2D eigenvalue weighted by atomic mass is 9.94. The molecule has 0 radical (unpaired) electrons. The zero-order valence-electron chi connectivity index (χ0n) is 13.7. The van der Waals surface area contributed by atoms with Gasteiger partial charge in [-0.05, 0) is 26.3 Å². The normalized spacial score (nSPS) is 16.4. The lowest BCUT2D eigenvalue weighted by molar-refractivity contribution is 0.177. The third-order valence-corrected chi connectivity index (χ3v) is 4.68. The molecular formula is C17H28N2O3. The molecule has 124 valence electrons. The standard InChI is InChI=1S/C17H28N2O3/c1-3-9-19-14(12-20)10-16(21)17(22)15(19)11-18(2)13-7-5-4-6-8-13/h10,13,20,22H,3-9,11-12H2,1-2H3. The van der Waals surface area contributed by atoms with E-state index in [-0.39, 0.29) is 12.4 Å². The Hall–Kier alpha value is -1.33. The minimum Gasteiger partial charge on any atom is -0.503 e. The Morgan fingerprint density at radius 3 is 2.59 bits per heavy atom. The van der Waals surface area contributed by atoms with Crippen LogP contribution in [0.4, 0.5) is 0 Å². The number of hydrogen-bond donors (Lipinski definition) is 2. The SMILES string of the molecule is CCCn1c(CO)cc(=O)c(O)c1CN(C)C1CCCCC1. The van der Waals surface area contributed by atoms with Gasteiger partial charge in [-0.15, -0.1) is 0 Å². The molecule has 2 N–H and O–H groups in total. The van der Waals surface area contributed by atoms with Crippen LogP contribution in [0.15, 0.2) is 10.9 Å². The summed E-state index contributed by atoms with van der Waals surface area (Å²) in [6, 6.07) is 1.85. The van der Waals surface area contributed by atoms with E-state index in [4.69, 9.17) is 0 Å². The first-order valence-electron chi connectivity index (χ1n) is 8.34. The van der Waals surface area contributed by atoms with Gasteiger partial charge in [-0.2, -0.15) is 0 Å². The van der Waals surface area contributed by atoms with Crippen molar-refractivity contribution in [2.45, 2.75) is 71.2 Å². The van der Waals surface area contributed by atoms with E-state index in [1.807, 2.05) is 11.5 Å². The maximum absolute atomic E-state index is 11.9. The fourth-order valence-corrected chi connectivity index (χ4v) is 3.42. The van der Waals surface area contributed by atoms with Crippen molar-refractivity contribution < 1.29 is 10.2 Å². The third-order valence-electron chi connectivity index (χ3n) is 4.68. The minimum atomic E-state index is -0.400. The van der Waals surface area contributed by atoms with Gasteiger partial charge in [0.25, 0.3) is 0 Å². The van der Waals surface area contributed by atoms with Gasteiger partial charge in [-0.25, -0.2) is 0 Å². The highest BCUT2D eigenvalue weighted by atomic mass is 16.3. The summed E-state index contributed by atoms with van der Waals surface area (Å²) in [5.74, 6) is -0.173. The highest BCUT2D eigenvalue weighted by Crippen LogP contribution is 2.25. The van der Waals surface area contributed by atoms with E-state index < -0.39 is 5.43 Å². The Morgan fingerprint density at radius 1 is 1.32 bits per heavy atom. The van der Waals surface area contributed by atoms with Crippen molar-refractivity contribution in [2.24, 2.45) is 0 Å². The van der Waals surface area contributed by atoms with Crippen molar-refractivity contribution >= 4 is 0 Å². The van der Waals surface area contributed by atoms with Crippen LogP contribution in [0.5, 0.6) is 5.75 Å². The van der Waals surface area contributed by atoms with Crippen molar-refractivity contribution in [1.29, 1.82) is 0 Å². The van der Waals surface area contributed by atoms with Gasteiger partial charge in [-0.1, -0.05) is 26.2 Å². The Balaban J connectivity index is 2.31. The van der Waals surface area contributed by atoms with Crippen LogP contribution in [-0.2, 0) is 19.7 Å². The van der Waals surface area contributed by atoms with Gasteiger partial charge in [0.2, 0.25) is 5.43 Å². The van der Waals surface area contributed by atoms with Crippen molar-refractivity contribution in [3.8, 4) is 5.75 Å². The molecule has 22 heavy (non-hydrogen) atoms. The van der Waals surface area contributed by atoms with Gasteiger partial charge in [-0.3, -0.25) is 9.69 Å². The molecule has 0 atom stereocenters. The van der Waals surface area contributed by atoms with Gasteiger partial charge in [0.15, 0.2) is 5.75 Å². The zero-order chi connectivity index (χ0) is 16.1. The Kier molecular flexibility index (Phi) is 6.03. The predicted molar refractivity (Wildman–Crippen MR) is 86.9 cm³/mol. The second-order valence-corrected chi connectivity index (χ2v) is 6.31. The molecule has 0 amide bonds. The number of aliphatic hydroxyl groups is 1. The second-order valence-electron chi connectivity index (χ2n) is 6.31. The summed E-state index contributed by atoms with van der Waals surface area (Å²) in [4.78, 5) is 14.2. The topological polar surface area (TPSA) is 65.7 Å². The minimum absolute atomic E-state index is 0.173. The first kappa shape index (κ1) is 17.0. The Bertz CT molecular complexity index is 548. The van der Waals surface area contributed by atoms with Crippen molar-refractivity contribution in [1.82, 2.24) is 9.47 Å². The molecule has 0 aliphatic heterocycles. The van der Waals surface area contributed by atoms with E-state index >= 15 is 0 Å². The molecule has 1 aromatic heterocycles. The van der Waals surface area contributed by atoms with Crippen LogP contribution in [0.25, 0.3) is 0 Å². The van der Waals surface area contributed by atoms with Crippen LogP contribution >= 0.6 is 0 Å². The average molecular weight is 308 g/mol. The monoisotopic (exact) mass is 308 g/mol. The van der Waals surface area contributed by atoms with Gasteiger partial charge >= 0.3 is 0 Å². The van der Waals surface area contributed by atoms with E-state index in [2.05, 4.69) is 11.9 Å². The molecule has 0 saturated heterocycles. The molecule has 1 aliphatic rings. The molecule has 1 aliphatic carbocycles. The van der Waals surface area contributed by atoms with Gasteiger partial charge in [0.1, 0.15) is 0 Å². The van der Waals surface area contributed by atoms with Gasteiger partial charge in [0, 0.05) is 30.9 Å². The number of nitrogens with zero attached hydrogens (tertiary/aromatic N) is 2. The molecule has 1 heterocycles. The summed E-state index contributed by atoms with van der Waals surface area (Å²) in [7, 11) is 2.06. The molecule has 1 fully saturated rings. The van der Waals surface area contributed by atoms with Crippen LogP contribution in [0.3, 0.4) is 0 Å². The maximum Gasteiger partial charge on any atom is 0.223 e. The lowest BCUT2D eigenvalue weighted by Gasteiger charge is -2.32. The number of pyridine rings is 1. The van der Waals surface area contributed by atoms with E-state index in [1.165, 1.54) is 38.2 Å². The first-order valence-corrected chi connectivity index (χ1v) is 8.34. The lowest BCUT2D eigenvalue weighted by Crippen LogP contribution is -2.34. The van der Waals surface area contributed by atoms with Gasteiger partial charge in [0.05, 0.1) is 12.3 Å². The molecule has 0 spiro atoms. The van der Waals surface area contributed by atoms with E-state index in [9.17, 15) is 15.0 Å². The zero-order valence-corrected chi connectivity index (χ0v) is 13.7. The molecule has 5 heteroatoms. The summed E-state index contributed by atoms with van der Waals surface area (Å²) in [5, 5.41) is 19.7. The van der Waals surface area contributed by atoms with Gasteiger partial charge < -0.3 is 14.8 Å². The van der Waals surface area contributed by atoms with E-state index in [0.29, 0.717) is 30.5 Å². The van der Waals surface area contributed by atoms with Crippen LogP contribution in [0.1, 0.15) is 56.8 Å². The predicted octanol–water partition coefficient (Wildman–Crippen LogP) is 2.22. The second kappa shape index (κ2) is 7.79. The summed E-state index contributed by atoms with van der Waals surface area (Å²) in [6.45, 7) is 3.09. The summed E-state index contributed by atoms with van der Waals surface area (Å²) >= 11 is 0. The highest BCUT2D eigenvalue weighted by molar-refractivity contribution is 5.30. The highest BCUT2D eigenvalue weighted by Gasteiger charge is 2.22. The fourth-order valence-electron chi connectivity index (χ4n) is 3.42. The Labute approximate surface area is 132 Å². The van der Waals surface area contributed by atoms with E-state index in [1.54, 1.807) is 0 Å². The molecule has 0 bridgehead atoms. The summed E-state index contributed by atoms with van der Waals surface area (Å²) < 4.78 is 1.90. The maximum atomic E-state index is 11.9. The van der Waals surface area contributed by atoms with E-state index in [0.717, 1.165) is 6.42 Å². The van der Waals surface area contributed by atoms with Crippen LogP contribution in [0, 0.1) is 0 Å². The third kappa shape index (κ3) is 3.70. The van der Waals surface area contributed by atoms with Crippen LogP contribution in [0.2, 0.25) is 0 Å². The Morgan fingerprint density at radius 2 is 2.00 bits per heavy atom. The molecular weight excluding hydrogens is 280 g/mol. The average Bonchev–Trinajstić information content (AvgIpc) is 2.54. The molecule has 5 nitrogen and oxygen atoms in total. The number of aromatic hydroxyl groups is 1. The van der Waals surface area contributed by atoms with Crippen LogP contribution < -0.4 is 5.43 Å².